The molecule has 0 aliphatic carbocycles. The minimum Gasteiger partial charge on any atom is -0.467 e. The molecule has 6 nitrogen and oxygen atoms in total. The molecule has 0 spiro atoms. The maximum Gasteiger partial charge on any atom is 0.328 e. The van der Waals surface area contributed by atoms with E-state index < -0.39 is 18.1 Å². The number of methoxy groups -OCH3 is 1. The summed E-state index contributed by atoms with van der Waals surface area (Å²) in [6, 6.07) is -0.642. The number of likely N-dealkylation sites (tertiary alicyclic amines) is 1. The molecule has 108 valence electrons. The summed E-state index contributed by atoms with van der Waals surface area (Å²) in [6.07, 6.45) is 2.86. The monoisotopic (exact) mass is 271 g/mol. The van der Waals surface area contributed by atoms with Gasteiger partial charge in [0.15, 0.2) is 0 Å². The molecule has 2 rings (SSSR count). The average molecular weight is 271 g/mol. The van der Waals surface area contributed by atoms with Crippen molar-refractivity contribution in [1.82, 2.24) is 4.90 Å². The van der Waals surface area contributed by atoms with Crippen LogP contribution in [0.5, 0.6) is 0 Å². The van der Waals surface area contributed by atoms with Gasteiger partial charge in [0.25, 0.3) is 0 Å². The van der Waals surface area contributed by atoms with Crippen molar-refractivity contribution in [3.63, 3.8) is 0 Å². The molecular weight excluding hydrogens is 250 g/mol. The summed E-state index contributed by atoms with van der Waals surface area (Å²) < 4.78 is 10.1. The molecule has 3 atom stereocenters. The van der Waals surface area contributed by atoms with Gasteiger partial charge in [0.1, 0.15) is 6.04 Å². The van der Waals surface area contributed by atoms with E-state index in [4.69, 9.17) is 4.74 Å². The molecule has 0 saturated carbocycles. The molecule has 2 saturated heterocycles. The van der Waals surface area contributed by atoms with E-state index in [0.29, 0.717) is 12.8 Å². The van der Waals surface area contributed by atoms with Gasteiger partial charge in [-0.1, -0.05) is 0 Å². The molecule has 2 heterocycles. The Hall–Kier alpha value is -1.14. The lowest BCUT2D eigenvalue weighted by Crippen LogP contribution is -2.41. The van der Waals surface area contributed by atoms with Gasteiger partial charge in [-0.05, 0) is 19.3 Å². The van der Waals surface area contributed by atoms with Gasteiger partial charge in [-0.2, -0.15) is 0 Å². The Bertz CT molecular complexity index is 340. The summed E-state index contributed by atoms with van der Waals surface area (Å²) >= 11 is 0. The Labute approximate surface area is 112 Å². The molecule has 1 N–H and O–H groups in total. The summed E-state index contributed by atoms with van der Waals surface area (Å²) in [5.74, 6) is -0.565. The van der Waals surface area contributed by atoms with Gasteiger partial charge >= 0.3 is 5.97 Å². The predicted octanol–water partition coefficient (Wildman–Crippen LogP) is 0.0804. The van der Waals surface area contributed by atoms with Crippen LogP contribution in [0.1, 0.15) is 32.1 Å². The van der Waals surface area contributed by atoms with E-state index in [2.05, 4.69) is 4.74 Å². The molecule has 0 aromatic carbocycles. The fourth-order valence-electron chi connectivity index (χ4n) is 2.75. The first kappa shape index (κ1) is 14.3. The van der Waals surface area contributed by atoms with E-state index in [1.54, 1.807) is 0 Å². The molecule has 1 amide bonds. The first-order valence-corrected chi connectivity index (χ1v) is 6.78. The van der Waals surface area contributed by atoms with Crippen LogP contribution < -0.4 is 0 Å². The van der Waals surface area contributed by atoms with Gasteiger partial charge in [-0.25, -0.2) is 4.79 Å². The van der Waals surface area contributed by atoms with Gasteiger partial charge in [0.05, 0.1) is 19.3 Å². The third-order valence-corrected chi connectivity index (χ3v) is 3.78. The molecule has 2 aliphatic heterocycles. The molecule has 0 radical (unpaired) electrons. The second-order valence-electron chi connectivity index (χ2n) is 5.15. The van der Waals surface area contributed by atoms with Crippen molar-refractivity contribution in [3.05, 3.63) is 0 Å². The summed E-state index contributed by atoms with van der Waals surface area (Å²) in [4.78, 5) is 25.1. The minimum atomic E-state index is -0.643. The van der Waals surface area contributed by atoms with Crippen molar-refractivity contribution in [2.24, 2.45) is 0 Å². The Morgan fingerprint density at radius 3 is 2.89 bits per heavy atom. The summed E-state index contributed by atoms with van der Waals surface area (Å²) in [6.45, 7) is 0.982. The number of ether oxygens (including phenoxy) is 2. The van der Waals surface area contributed by atoms with Crippen molar-refractivity contribution in [3.8, 4) is 0 Å². The second-order valence-corrected chi connectivity index (χ2v) is 5.15. The number of hydrogen-bond donors (Lipinski definition) is 1. The Morgan fingerprint density at radius 1 is 1.47 bits per heavy atom. The van der Waals surface area contributed by atoms with Crippen LogP contribution in [0, 0.1) is 0 Å². The number of β-amino-alcohol motifs (C(OH)–C–C–N with tert-alkyl or cyclic N) is 1. The van der Waals surface area contributed by atoms with E-state index in [1.165, 1.54) is 12.0 Å². The van der Waals surface area contributed by atoms with Crippen LogP contribution in [0.2, 0.25) is 0 Å². The second kappa shape index (κ2) is 6.34. The molecule has 0 aromatic heterocycles. The van der Waals surface area contributed by atoms with E-state index in [9.17, 15) is 14.7 Å². The van der Waals surface area contributed by atoms with Gasteiger partial charge in [0, 0.05) is 26.0 Å². The zero-order valence-corrected chi connectivity index (χ0v) is 11.2. The highest BCUT2D eigenvalue weighted by Crippen LogP contribution is 2.22. The number of nitrogens with zero attached hydrogens (tertiary/aromatic N) is 1. The number of amides is 1. The Kier molecular flexibility index (Phi) is 4.76. The molecule has 0 bridgehead atoms. The zero-order valence-electron chi connectivity index (χ0n) is 11.2. The summed E-state index contributed by atoms with van der Waals surface area (Å²) in [5.41, 5.74) is 0. The standard InChI is InChI=1S/C13H21NO5/c1-18-13(17)11-7-9(15)8-14(11)12(16)5-4-10-3-2-6-19-10/h9-11,15H,2-8H2,1H3. The SMILES string of the molecule is COC(=O)C1CC(O)CN1C(=O)CCC1CCCO1. The lowest BCUT2D eigenvalue weighted by molar-refractivity contribution is -0.151. The van der Waals surface area contributed by atoms with Crippen molar-refractivity contribution >= 4 is 11.9 Å². The van der Waals surface area contributed by atoms with Gasteiger partial charge in [-0.15, -0.1) is 0 Å². The molecule has 6 heteroatoms. The van der Waals surface area contributed by atoms with Gasteiger partial charge in [0.2, 0.25) is 5.91 Å². The van der Waals surface area contributed by atoms with Crippen molar-refractivity contribution in [2.75, 3.05) is 20.3 Å². The number of carbonyl (C=O) groups is 2. The fourth-order valence-corrected chi connectivity index (χ4v) is 2.75. The van der Waals surface area contributed by atoms with Crippen LogP contribution in [0.25, 0.3) is 0 Å². The number of hydrogen-bond acceptors (Lipinski definition) is 5. The lowest BCUT2D eigenvalue weighted by Gasteiger charge is -2.22. The highest BCUT2D eigenvalue weighted by atomic mass is 16.5. The van der Waals surface area contributed by atoms with E-state index in [1.807, 2.05) is 0 Å². The largest absolute Gasteiger partial charge is 0.467 e. The summed E-state index contributed by atoms with van der Waals surface area (Å²) in [5, 5.41) is 9.62. The van der Waals surface area contributed by atoms with Gasteiger partial charge in [-0.3, -0.25) is 4.79 Å². The summed E-state index contributed by atoms with van der Waals surface area (Å²) in [7, 11) is 1.29. The van der Waals surface area contributed by atoms with Crippen molar-refractivity contribution in [2.45, 2.75) is 50.4 Å². The Balaban J connectivity index is 1.87. The van der Waals surface area contributed by atoms with Crippen LogP contribution in [0.15, 0.2) is 0 Å². The maximum atomic E-state index is 12.1. The van der Waals surface area contributed by atoms with Crippen LogP contribution in [0.4, 0.5) is 0 Å². The number of rotatable bonds is 4. The van der Waals surface area contributed by atoms with Crippen LogP contribution >= 0.6 is 0 Å². The Morgan fingerprint density at radius 2 is 2.26 bits per heavy atom. The maximum absolute atomic E-state index is 12.1. The third-order valence-electron chi connectivity index (χ3n) is 3.78. The first-order chi connectivity index (χ1) is 9.11. The quantitative estimate of drug-likeness (QED) is 0.733. The number of aliphatic hydroxyl groups excluding tert-OH is 1. The highest BCUT2D eigenvalue weighted by molar-refractivity contribution is 5.85. The van der Waals surface area contributed by atoms with Gasteiger partial charge < -0.3 is 19.5 Å². The van der Waals surface area contributed by atoms with Crippen molar-refractivity contribution in [1.29, 1.82) is 0 Å². The van der Waals surface area contributed by atoms with Crippen molar-refractivity contribution < 1.29 is 24.2 Å². The molecule has 2 fully saturated rings. The molecule has 2 aliphatic rings. The topological polar surface area (TPSA) is 76.1 Å². The number of aliphatic hydroxyl groups is 1. The van der Waals surface area contributed by atoms with Crippen LogP contribution in [-0.4, -0.2) is 60.4 Å². The number of esters is 1. The van der Waals surface area contributed by atoms with Crippen LogP contribution in [0.3, 0.4) is 0 Å². The molecular formula is C13H21NO5. The average Bonchev–Trinajstić information content (AvgIpc) is 3.04. The minimum absolute atomic E-state index is 0.109. The van der Waals surface area contributed by atoms with E-state index in [-0.39, 0.29) is 25.0 Å². The predicted molar refractivity (Wildman–Crippen MR) is 66.3 cm³/mol. The number of carbonyl (C=O) groups excluding carboxylic acids is 2. The zero-order chi connectivity index (χ0) is 13.8. The lowest BCUT2D eigenvalue weighted by atomic mass is 10.1. The normalized spacial score (nSPS) is 30.6. The molecule has 0 aromatic rings. The molecule has 19 heavy (non-hydrogen) atoms. The fraction of sp³-hybridized carbons (Fsp3) is 0.846. The van der Waals surface area contributed by atoms with E-state index >= 15 is 0 Å². The smallest absolute Gasteiger partial charge is 0.328 e. The highest BCUT2D eigenvalue weighted by Gasteiger charge is 2.39. The van der Waals surface area contributed by atoms with E-state index in [0.717, 1.165) is 19.4 Å². The van der Waals surface area contributed by atoms with Crippen LogP contribution in [-0.2, 0) is 19.1 Å². The first-order valence-electron chi connectivity index (χ1n) is 6.78. The third kappa shape index (κ3) is 3.45. The molecule has 3 unspecified atom stereocenters.